The van der Waals surface area contributed by atoms with Gasteiger partial charge in [0.15, 0.2) is 5.82 Å². The summed E-state index contributed by atoms with van der Waals surface area (Å²) in [6, 6.07) is 22.1. The van der Waals surface area contributed by atoms with Crippen molar-refractivity contribution in [1.29, 1.82) is 0 Å². The summed E-state index contributed by atoms with van der Waals surface area (Å²) in [5.41, 5.74) is 3.95. The highest BCUT2D eigenvalue weighted by molar-refractivity contribution is 6.06. The Morgan fingerprint density at radius 2 is 1.63 bits per heavy atom. The van der Waals surface area contributed by atoms with Crippen LogP contribution in [0.2, 0.25) is 0 Å². The summed E-state index contributed by atoms with van der Waals surface area (Å²) in [5.74, 6) is -0.725. The number of carbonyl (C=O) groups is 1. The van der Waals surface area contributed by atoms with Crippen LogP contribution in [-0.2, 0) is 0 Å². The standard InChI is InChI=1S/C21H15F2N3O/c22-19(23)20-25-17-11-8-15(12-18(17)26-20)21(27)24-16-9-6-14(7-10-16)13-4-2-1-3-5-13/h1-12,19H,(H,24,27)(H,25,26). The quantitative estimate of drug-likeness (QED) is 0.509. The molecule has 4 rings (SSSR count). The molecular weight excluding hydrogens is 348 g/mol. The van der Waals surface area contributed by atoms with Gasteiger partial charge < -0.3 is 10.3 Å². The second-order valence-corrected chi connectivity index (χ2v) is 6.05. The maximum Gasteiger partial charge on any atom is 0.295 e. The maximum absolute atomic E-state index is 12.7. The number of imidazole rings is 1. The van der Waals surface area contributed by atoms with E-state index in [4.69, 9.17) is 0 Å². The van der Waals surface area contributed by atoms with Gasteiger partial charge in [-0.25, -0.2) is 13.8 Å². The average Bonchev–Trinajstić information content (AvgIpc) is 3.13. The van der Waals surface area contributed by atoms with E-state index in [1.54, 1.807) is 12.1 Å². The predicted octanol–water partition coefficient (Wildman–Crippen LogP) is 5.42. The summed E-state index contributed by atoms with van der Waals surface area (Å²) < 4.78 is 25.5. The van der Waals surface area contributed by atoms with Crippen molar-refractivity contribution in [2.45, 2.75) is 6.43 Å². The van der Waals surface area contributed by atoms with Crippen molar-refractivity contribution < 1.29 is 13.6 Å². The Kier molecular flexibility index (Phi) is 4.38. The number of nitrogens with zero attached hydrogens (tertiary/aromatic N) is 1. The fraction of sp³-hybridized carbons (Fsp3) is 0.0476. The molecule has 2 N–H and O–H groups in total. The van der Waals surface area contributed by atoms with Crippen molar-refractivity contribution in [3.63, 3.8) is 0 Å². The molecule has 134 valence electrons. The third kappa shape index (κ3) is 3.55. The Morgan fingerprint density at radius 1 is 0.926 bits per heavy atom. The molecule has 0 spiro atoms. The number of hydrogen-bond donors (Lipinski definition) is 2. The Hall–Kier alpha value is -3.54. The predicted molar refractivity (Wildman–Crippen MR) is 101 cm³/mol. The molecule has 4 aromatic rings. The number of anilines is 1. The molecule has 27 heavy (non-hydrogen) atoms. The van der Waals surface area contributed by atoms with E-state index in [1.165, 1.54) is 6.07 Å². The SMILES string of the molecule is O=C(Nc1ccc(-c2ccccc2)cc1)c1ccc2nc(C(F)F)[nH]c2c1. The first-order chi connectivity index (χ1) is 13.1. The molecule has 0 aliphatic rings. The van der Waals surface area contributed by atoms with Crippen LogP contribution in [0, 0.1) is 0 Å². The van der Waals surface area contributed by atoms with Gasteiger partial charge in [-0.2, -0.15) is 0 Å². The summed E-state index contributed by atoms with van der Waals surface area (Å²) in [6.07, 6.45) is -2.68. The highest BCUT2D eigenvalue weighted by atomic mass is 19.3. The van der Waals surface area contributed by atoms with Crippen LogP contribution in [0.4, 0.5) is 14.5 Å². The van der Waals surface area contributed by atoms with Crippen molar-refractivity contribution in [1.82, 2.24) is 9.97 Å². The van der Waals surface area contributed by atoms with E-state index in [2.05, 4.69) is 15.3 Å². The number of amides is 1. The number of benzene rings is 3. The zero-order chi connectivity index (χ0) is 18.8. The van der Waals surface area contributed by atoms with Crippen LogP contribution in [0.5, 0.6) is 0 Å². The van der Waals surface area contributed by atoms with Gasteiger partial charge in [-0.1, -0.05) is 42.5 Å². The lowest BCUT2D eigenvalue weighted by molar-refractivity contribution is 0.102. The number of alkyl halides is 2. The van der Waals surface area contributed by atoms with E-state index < -0.39 is 12.2 Å². The molecule has 6 heteroatoms. The number of nitrogens with one attached hydrogen (secondary N) is 2. The molecule has 0 saturated carbocycles. The average molecular weight is 363 g/mol. The van der Waals surface area contributed by atoms with Crippen LogP contribution in [-0.4, -0.2) is 15.9 Å². The lowest BCUT2D eigenvalue weighted by Gasteiger charge is -2.07. The molecule has 1 amide bonds. The summed E-state index contributed by atoms with van der Waals surface area (Å²) >= 11 is 0. The first-order valence-electron chi connectivity index (χ1n) is 8.35. The normalized spacial score (nSPS) is 11.1. The monoisotopic (exact) mass is 363 g/mol. The van der Waals surface area contributed by atoms with Crippen molar-refractivity contribution in [3.05, 3.63) is 84.2 Å². The molecule has 0 bridgehead atoms. The minimum atomic E-state index is -2.68. The Bertz CT molecular complexity index is 1090. The fourth-order valence-corrected chi connectivity index (χ4v) is 2.85. The van der Waals surface area contributed by atoms with E-state index in [0.29, 0.717) is 22.3 Å². The second-order valence-electron chi connectivity index (χ2n) is 6.05. The third-order valence-electron chi connectivity index (χ3n) is 4.22. The number of H-pyrrole nitrogens is 1. The molecule has 0 unspecified atom stereocenters. The van der Waals surface area contributed by atoms with E-state index in [9.17, 15) is 13.6 Å². The Balaban J connectivity index is 1.52. The summed E-state index contributed by atoms with van der Waals surface area (Å²) in [5, 5.41) is 2.81. The fourth-order valence-electron chi connectivity index (χ4n) is 2.85. The lowest BCUT2D eigenvalue weighted by Crippen LogP contribution is -2.11. The van der Waals surface area contributed by atoms with Gasteiger partial charge in [-0.3, -0.25) is 4.79 Å². The first-order valence-corrected chi connectivity index (χ1v) is 8.35. The molecule has 0 aliphatic heterocycles. The molecule has 0 atom stereocenters. The smallest absolute Gasteiger partial charge is 0.295 e. The minimum absolute atomic E-state index is 0.322. The van der Waals surface area contributed by atoms with Gasteiger partial charge in [0.1, 0.15) is 0 Å². The molecule has 3 aromatic carbocycles. The molecular formula is C21H15F2N3O. The molecule has 0 fully saturated rings. The molecule has 0 saturated heterocycles. The summed E-state index contributed by atoms with van der Waals surface area (Å²) in [7, 11) is 0. The van der Waals surface area contributed by atoms with Crippen molar-refractivity contribution in [2.75, 3.05) is 5.32 Å². The highest BCUT2D eigenvalue weighted by Gasteiger charge is 2.14. The number of fused-ring (bicyclic) bond motifs is 1. The van der Waals surface area contributed by atoms with Gasteiger partial charge in [-0.15, -0.1) is 0 Å². The zero-order valence-corrected chi connectivity index (χ0v) is 14.1. The Morgan fingerprint density at radius 3 is 2.33 bits per heavy atom. The van der Waals surface area contributed by atoms with Gasteiger partial charge in [-0.05, 0) is 41.5 Å². The van der Waals surface area contributed by atoms with Gasteiger partial charge in [0, 0.05) is 11.3 Å². The third-order valence-corrected chi connectivity index (χ3v) is 4.22. The van der Waals surface area contributed by atoms with Crippen LogP contribution in [0.15, 0.2) is 72.8 Å². The lowest BCUT2D eigenvalue weighted by atomic mass is 10.1. The number of aromatic nitrogens is 2. The van der Waals surface area contributed by atoms with Crippen molar-refractivity contribution in [2.24, 2.45) is 0 Å². The van der Waals surface area contributed by atoms with Crippen LogP contribution in [0.1, 0.15) is 22.6 Å². The van der Waals surface area contributed by atoms with Gasteiger partial charge in [0.05, 0.1) is 11.0 Å². The van der Waals surface area contributed by atoms with E-state index in [1.807, 2.05) is 54.6 Å². The largest absolute Gasteiger partial charge is 0.337 e. The zero-order valence-electron chi connectivity index (χ0n) is 14.1. The van der Waals surface area contributed by atoms with Gasteiger partial charge >= 0.3 is 0 Å². The van der Waals surface area contributed by atoms with Crippen LogP contribution in [0.3, 0.4) is 0 Å². The molecule has 0 radical (unpaired) electrons. The highest BCUT2D eigenvalue weighted by Crippen LogP contribution is 2.23. The van der Waals surface area contributed by atoms with E-state index in [0.717, 1.165) is 11.1 Å². The van der Waals surface area contributed by atoms with Gasteiger partial charge in [0.2, 0.25) is 0 Å². The molecule has 4 nitrogen and oxygen atoms in total. The second kappa shape index (κ2) is 6.99. The maximum atomic E-state index is 12.7. The van der Waals surface area contributed by atoms with Crippen molar-refractivity contribution >= 4 is 22.6 Å². The first kappa shape index (κ1) is 16.9. The van der Waals surface area contributed by atoms with E-state index in [-0.39, 0.29) is 5.91 Å². The van der Waals surface area contributed by atoms with Crippen LogP contribution in [0.25, 0.3) is 22.2 Å². The summed E-state index contributed by atoms with van der Waals surface area (Å²) in [4.78, 5) is 18.8. The number of halogens is 2. The molecule has 1 aromatic heterocycles. The molecule has 1 heterocycles. The Labute approximate surface area is 153 Å². The minimum Gasteiger partial charge on any atom is -0.337 e. The van der Waals surface area contributed by atoms with Crippen LogP contribution < -0.4 is 5.32 Å². The van der Waals surface area contributed by atoms with E-state index >= 15 is 0 Å². The molecule has 0 aliphatic carbocycles. The number of aromatic amines is 1. The van der Waals surface area contributed by atoms with Crippen LogP contribution >= 0.6 is 0 Å². The number of hydrogen-bond acceptors (Lipinski definition) is 2. The topological polar surface area (TPSA) is 57.8 Å². The number of rotatable bonds is 4. The number of carbonyl (C=O) groups excluding carboxylic acids is 1. The van der Waals surface area contributed by atoms with Gasteiger partial charge in [0.25, 0.3) is 12.3 Å². The van der Waals surface area contributed by atoms with Crippen molar-refractivity contribution in [3.8, 4) is 11.1 Å². The summed E-state index contributed by atoms with van der Waals surface area (Å²) in [6.45, 7) is 0.